The second-order valence-electron chi connectivity index (χ2n) is 12.9. The lowest BCUT2D eigenvalue weighted by Gasteiger charge is -2.26. The van der Waals surface area contributed by atoms with Crippen molar-refractivity contribution in [3.05, 3.63) is 188 Å². The number of para-hydroxylation sites is 3. The number of anilines is 3. The highest BCUT2D eigenvalue weighted by atomic mass is 16.3. The molecule has 4 heteroatoms. The Hall–Kier alpha value is -6.91. The van der Waals surface area contributed by atoms with Crippen LogP contribution in [0.2, 0.25) is 0 Å². The van der Waals surface area contributed by atoms with E-state index in [-0.39, 0.29) is 0 Å². The maximum absolute atomic E-state index is 6.00. The Kier molecular flexibility index (Phi) is 6.78. The third-order valence-corrected chi connectivity index (χ3v) is 9.86. The number of rotatable bonds is 6. The molecule has 0 radical (unpaired) electrons. The molecule has 0 saturated carbocycles. The summed E-state index contributed by atoms with van der Waals surface area (Å²) in [6.45, 7) is 0. The number of hydrogen-bond donors (Lipinski definition) is 0. The smallest absolute Gasteiger partial charge is 0.227 e. The molecule has 0 atom stereocenters. The zero-order valence-corrected chi connectivity index (χ0v) is 27.6. The first-order valence-corrected chi connectivity index (χ1v) is 17.2. The summed E-state index contributed by atoms with van der Waals surface area (Å²) in [4.78, 5) is 7.02. The maximum atomic E-state index is 6.00. The van der Waals surface area contributed by atoms with E-state index in [4.69, 9.17) is 4.42 Å². The van der Waals surface area contributed by atoms with Gasteiger partial charge in [-0.05, 0) is 83.4 Å². The minimum absolute atomic E-state index is 0.657. The van der Waals surface area contributed by atoms with Crippen molar-refractivity contribution in [3.8, 4) is 27.9 Å². The van der Waals surface area contributed by atoms with E-state index in [0.29, 0.717) is 5.71 Å². The molecule has 0 unspecified atom stereocenters. The van der Waals surface area contributed by atoms with E-state index in [1.807, 2.05) is 24.4 Å². The molecule has 240 valence electrons. The van der Waals surface area contributed by atoms with E-state index >= 15 is 0 Å². The van der Waals surface area contributed by atoms with E-state index in [1.165, 1.54) is 27.4 Å². The van der Waals surface area contributed by atoms with Crippen molar-refractivity contribution in [1.82, 2.24) is 9.55 Å². The van der Waals surface area contributed by atoms with Crippen LogP contribution >= 0.6 is 0 Å². The normalized spacial score (nSPS) is 11.5. The third kappa shape index (κ3) is 4.96. The first kappa shape index (κ1) is 29.0. The van der Waals surface area contributed by atoms with Crippen LogP contribution in [0.25, 0.3) is 71.8 Å². The monoisotopic (exact) mass is 653 g/mol. The number of furan rings is 1. The van der Waals surface area contributed by atoms with Crippen LogP contribution < -0.4 is 4.90 Å². The lowest BCUT2D eigenvalue weighted by Crippen LogP contribution is -2.10. The summed E-state index contributed by atoms with van der Waals surface area (Å²) in [5.41, 5.74) is 12.8. The summed E-state index contributed by atoms with van der Waals surface area (Å²) in [7, 11) is 0. The van der Waals surface area contributed by atoms with Gasteiger partial charge in [0.2, 0.25) is 5.71 Å². The highest BCUT2D eigenvalue weighted by molar-refractivity contribution is 6.10. The zero-order chi connectivity index (χ0) is 33.7. The van der Waals surface area contributed by atoms with Gasteiger partial charge in [-0.15, -0.1) is 0 Å². The SMILES string of the molecule is c1ccc(-c2ccc(N(c3ccc(-c4cnc5oc6ccccc6c5c4)cc3)c3ccc4c5ccccc5n(-c5ccccc5)c4c3)cc2)cc1. The minimum atomic E-state index is 0.657. The van der Waals surface area contributed by atoms with Crippen LogP contribution in [-0.4, -0.2) is 9.55 Å². The maximum Gasteiger partial charge on any atom is 0.227 e. The molecule has 0 aliphatic carbocycles. The Bertz CT molecular complexity index is 2830. The molecule has 3 aromatic heterocycles. The van der Waals surface area contributed by atoms with Crippen LogP contribution in [0.3, 0.4) is 0 Å². The van der Waals surface area contributed by atoms with Gasteiger partial charge in [-0.2, -0.15) is 0 Å². The Morgan fingerprint density at radius 1 is 0.412 bits per heavy atom. The van der Waals surface area contributed by atoms with Gasteiger partial charge in [0.25, 0.3) is 0 Å². The quantitative estimate of drug-likeness (QED) is 0.179. The van der Waals surface area contributed by atoms with Gasteiger partial charge < -0.3 is 13.9 Å². The van der Waals surface area contributed by atoms with Crippen LogP contribution in [0.15, 0.2) is 193 Å². The molecule has 51 heavy (non-hydrogen) atoms. The van der Waals surface area contributed by atoms with Gasteiger partial charge in [0.1, 0.15) is 5.58 Å². The van der Waals surface area contributed by atoms with Gasteiger partial charge >= 0.3 is 0 Å². The largest absolute Gasteiger partial charge is 0.438 e. The summed E-state index contributed by atoms with van der Waals surface area (Å²) in [6.07, 6.45) is 1.90. The first-order chi connectivity index (χ1) is 25.3. The number of nitrogens with zero attached hydrogens (tertiary/aromatic N) is 3. The molecule has 0 aliphatic heterocycles. The fourth-order valence-electron chi connectivity index (χ4n) is 7.40. The van der Waals surface area contributed by atoms with E-state index in [0.717, 1.165) is 55.7 Å². The van der Waals surface area contributed by atoms with Gasteiger partial charge in [-0.1, -0.05) is 115 Å². The molecule has 3 heterocycles. The molecule has 0 fully saturated rings. The van der Waals surface area contributed by atoms with Crippen molar-refractivity contribution in [3.63, 3.8) is 0 Å². The standard InChI is InChI=1S/C47H31N3O/c1-3-11-32(12-4-1)33-19-23-37(24-20-33)49(38-25-21-34(22-26-38)35-29-43-42-16-8-10-18-46(42)51-47(43)48-31-35)39-27-28-41-40-15-7-9-17-44(40)50(45(41)30-39)36-13-5-2-6-14-36/h1-31H. The summed E-state index contributed by atoms with van der Waals surface area (Å²) in [5.74, 6) is 0. The Balaban J connectivity index is 1.12. The molecule has 4 nitrogen and oxygen atoms in total. The fraction of sp³-hybridized carbons (Fsp3) is 0. The van der Waals surface area contributed by atoms with Crippen LogP contribution in [0.1, 0.15) is 0 Å². The summed E-state index contributed by atoms with van der Waals surface area (Å²) >= 11 is 0. The Morgan fingerprint density at radius 2 is 0.980 bits per heavy atom. The number of pyridine rings is 1. The van der Waals surface area contributed by atoms with Crippen LogP contribution in [0.4, 0.5) is 17.1 Å². The Morgan fingerprint density at radius 3 is 1.73 bits per heavy atom. The average molecular weight is 654 g/mol. The topological polar surface area (TPSA) is 34.2 Å². The van der Waals surface area contributed by atoms with Gasteiger partial charge in [0.15, 0.2) is 0 Å². The van der Waals surface area contributed by atoms with Crippen LogP contribution in [0.5, 0.6) is 0 Å². The van der Waals surface area contributed by atoms with E-state index in [9.17, 15) is 0 Å². The van der Waals surface area contributed by atoms with Crippen LogP contribution in [0, 0.1) is 0 Å². The lowest BCUT2D eigenvalue weighted by atomic mass is 10.0. The second kappa shape index (κ2) is 11.9. The molecule has 0 saturated heterocycles. The van der Waals surface area contributed by atoms with E-state index in [1.54, 1.807) is 0 Å². The first-order valence-electron chi connectivity index (χ1n) is 17.2. The molecule has 10 aromatic rings. The highest BCUT2D eigenvalue weighted by Crippen LogP contribution is 2.41. The summed E-state index contributed by atoms with van der Waals surface area (Å²) < 4.78 is 8.37. The predicted octanol–water partition coefficient (Wildman–Crippen LogP) is 12.9. The van der Waals surface area contributed by atoms with Crippen molar-refractivity contribution in [1.29, 1.82) is 0 Å². The van der Waals surface area contributed by atoms with Crippen molar-refractivity contribution in [2.75, 3.05) is 4.90 Å². The fourth-order valence-corrected chi connectivity index (χ4v) is 7.40. The van der Waals surface area contributed by atoms with Crippen molar-refractivity contribution in [2.45, 2.75) is 0 Å². The molecule has 0 aliphatic rings. The van der Waals surface area contributed by atoms with Gasteiger partial charge in [0.05, 0.1) is 11.0 Å². The molecule has 0 N–H and O–H groups in total. The molecule has 0 amide bonds. The summed E-state index contributed by atoms with van der Waals surface area (Å²) in [5, 5.41) is 4.56. The zero-order valence-electron chi connectivity index (χ0n) is 27.6. The molecule has 0 spiro atoms. The van der Waals surface area contributed by atoms with E-state index in [2.05, 4.69) is 178 Å². The van der Waals surface area contributed by atoms with Crippen molar-refractivity contribution >= 4 is 60.9 Å². The van der Waals surface area contributed by atoms with Crippen molar-refractivity contribution < 1.29 is 4.42 Å². The second-order valence-corrected chi connectivity index (χ2v) is 12.9. The van der Waals surface area contributed by atoms with Gasteiger partial charge in [-0.25, -0.2) is 4.98 Å². The van der Waals surface area contributed by atoms with Crippen LogP contribution in [-0.2, 0) is 0 Å². The summed E-state index contributed by atoms with van der Waals surface area (Å²) in [6, 6.07) is 64.6. The predicted molar refractivity (Wildman–Crippen MR) is 211 cm³/mol. The highest BCUT2D eigenvalue weighted by Gasteiger charge is 2.18. The minimum Gasteiger partial charge on any atom is -0.438 e. The lowest BCUT2D eigenvalue weighted by molar-refractivity contribution is 0.654. The van der Waals surface area contributed by atoms with Gasteiger partial charge in [0, 0.05) is 56.1 Å². The molecule has 10 rings (SSSR count). The third-order valence-electron chi connectivity index (χ3n) is 9.86. The molecular formula is C47H31N3O. The molecule has 0 bridgehead atoms. The molecule has 7 aromatic carbocycles. The number of fused-ring (bicyclic) bond motifs is 6. The van der Waals surface area contributed by atoms with E-state index < -0.39 is 0 Å². The number of benzene rings is 7. The van der Waals surface area contributed by atoms with Gasteiger partial charge in [-0.3, -0.25) is 0 Å². The Labute approximate surface area is 295 Å². The number of aromatic nitrogens is 2. The van der Waals surface area contributed by atoms with Crippen molar-refractivity contribution in [2.24, 2.45) is 0 Å². The molecular weight excluding hydrogens is 623 g/mol. The average Bonchev–Trinajstić information content (AvgIpc) is 3.74. The number of hydrogen-bond acceptors (Lipinski definition) is 3.